The summed E-state index contributed by atoms with van der Waals surface area (Å²) in [5.74, 6) is -0.330. The van der Waals surface area contributed by atoms with E-state index in [4.69, 9.17) is 0 Å². The molecule has 1 aromatic carbocycles. The lowest BCUT2D eigenvalue weighted by molar-refractivity contribution is -0.0586. The summed E-state index contributed by atoms with van der Waals surface area (Å²) < 4.78 is 0. The Morgan fingerprint density at radius 1 is 1.33 bits per heavy atom. The van der Waals surface area contributed by atoms with Gasteiger partial charge in [-0.25, -0.2) is 5.06 Å². The first-order chi connectivity index (χ1) is 7.15. The van der Waals surface area contributed by atoms with Gasteiger partial charge >= 0.3 is 0 Å². The molecule has 82 valence electrons. The van der Waals surface area contributed by atoms with E-state index < -0.39 is 0 Å². The van der Waals surface area contributed by atoms with Crippen LogP contribution in [0.2, 0.25) is 0 Å². The molecule has 0 aliphatic carbocycles. The zero-order valence-electron chi connectivity index (χ0n) is 9.23. The zero-order valence-corrected chi connectivity index (χ0v) is 9.23. The summed E-state index contributed by atoms with van der Waals surface area (Å²) >= 11 is 0. The number of aryl methyl sites for hydroxylation is 1. The van der Waals surface area contributed by atoms with Gasteiger partial charge in [0, 0.05) is 12.1 Å². The maximum Gasteiger partial charge on any atom is 0.277 e. The van der Waals surface area contributed by atoms with Gasteiger partial charge in [0.15, 0.2) is 0 Å². The molecule has 0 unspecified atom stereocenters. The van der Waals surface area contributed by atoms with Crippen molar-refractivity contribution < 1.29 is 10.0 Å². The first-order valence-electron chi connectivity index (χ1n) is 5.22. The Bertz CT molecular complexity index is 319. The van der Waals surface area contributed by atoms with E-state index >= 15 is 0 Å². The van der Waals surface area contributed by atoms with E-state index in [0.717, 1.165) is 23.5 Å². The number of hydroxylamine groups is 2. The SMILES string of the molecule is CCCCN(O)C(=O)c1ccc(C)cc1. The third kappa shape index (κ3) is 3.36. The molecule has 0 aliphatic heterocycles. The van der Waals surface area contributed by atoms with Crippen LogP contribution in [0.4, 0.5) is 0 Å². The molecule has 0 aromatic heterocycles. The highest BCUT2D eigenvalue weighted by Gasteiger charge is 2.11. The Labute approximate surface area is 90.3 Å². The summed E-state index contributed by atoms with van der Waals surface area (Å²) in [7, 11) is 0. The number of hydrogen-bond donors (Lipinski definition) is 1. The summed E-state index contributed by atoms with van der Waals surface area (Å²) in [6.45, 7) is 4.37. The third-order valence-corrected chi connectivity index (χ3v) is 2.26. The summed E-state index contributed by atoms with van der Waals surface area (Å²) in [5.41, 5.74) is 1.63. The molecule has 0 saturated carbocycles. The fourth-order valence-corrected chi connectivity index (χ4v) is 1.25. The first-order valence-corrected chi connectivity index (χ1v) is 5.22. The highest BCUT2D eigenvalue weighted by Crippen LogP contribution is 2.06. The zero-order chi connectivity index (χ0) is 11.3. The number of rotatable bonds is 4. The Hall–Kier alpha value is -1.35. The van der Waals surface area contributed by atoms with Crippen molar-refractivity contribution in [2.24, 2.45) is 0 Å². The predicted molar refractivity (Wildman–Crippen MR) is 58.9 cm³/mol. The molecular weight excluding hydrogens is 190 g/mol. The summed E-state index contributed by atoms with van der Waals surface area (Å²) in [5, 5.41) is 10.2. The Balaban J connectivity index is 2.63. The normalized spacial score (nSPS) is 10.1. The standard InChI is InChI=1S/C12H17NO2/c1-3-4-9-13(15)12(14)11-7-5-10(2)6-8-11/h5-8,15H,3-4,9H2,1-2H3. The molecule has 1 rings (SSSR count). The summed E-state index contributed by atoms with van der Waals surface area (Å²) in [6, 6.07) is 7.18. The lowest BCUT2D eigenvalue weighted by Crippen LogP contribution is -2.28. The molecule has 3 heteroatoms. The molecule has 0 saturated heterocycles. The van der Waals surface area contributed by atoms with Crippen LogP contribution >= 0.6 is 0 Å². The molecule has 0 heterocycles. The minimum atomic E-state index is -0.330. The van der Waals surface area contributed by atoms with Crippen LogP contribution in [0.3, 0.4) is 0 Å². The molecule has 1 amide bonds. The smallest absolute Gasteiger partial charge is 0.277 e. The largest absolute Gasteiger partial charge is 0.286 e. The first kappa shape index (κ1) is 11.7. The molecule has 1 aromatic rings. The fourth-order valence-electron chi connectivity index (χ4n) is 1.25. The Kier molecular flexibility index (Phi) is 4.31. The lowest BCUT2D eigenvalue weighted by Gasteiger charge is -2.14. The molecule has 0 fully saturated rings. The van der Waals surface area contributed by atoms with Crippen LogP contribution < -0.4 is 0 Å². The third-order valence-electron chi connectivity index (χ3n) is 2.26. The molecular formula is C12H17NO2. The van der Waals surface area contributed by atoms with Crippen molar-refractivity contribution in [3.8, 4) is 0 Å². The van der Waals surface area contributed by atoms with Gasteiger partial charge in [-0.2, -0.15) is 0 Å². The topological polar surface area (TPSA) is 40.5 Å². The van der Waals surface area contributed by atoms with E-state index in [-0.39, 0.29) is 5.91 Å². The maximum absolute atomic E-state index is 11.6. The number of nitrogens with zero attached hydrogens (tertiary/aromatic N) is 1. The molecule has 15 heavy (non-hydrogen) atoms. The van der Waals surface area contributed by atoms with Gasteiger partial charge in [-0.3, -0.25) is 10.0 Å². The number of amides is 1. The van der Waals surface area contributed by atoms with Crippen molar-refractivity contribution in [1.29, 1.82) is 0 Å². The van der Waals surface area contributed by atoms with Gasteiger partial charge in [-0.15, -0.1) is 0 Å². The molecule has 1 N–H and O–H groups in total. The van der Waals surface area contributed by atoms with Crippen molar-refractivity contribution in [2.75, 3.05) is 6.54 Å². The van der Waals surface area contributed by atoms with E-state index in [1.165, 1.54) is 0 Å². The monoisotopic (exact) mass is 207 g/mol. The van der Waals surface area contributed by atoms with E-state index in [0.29, 0.717) is 12.1 Å². The Morgan fingerprint density at radius 3 is 2.47 bits per heavy atom. The van der Waals surface area contributed by atoms with Crippen molar-refractivity contribution in [2.45, 2.75) is 26.7 Å². The quantitative estimate of drug-likeness (QED) is 0.609. The van der Waals surface area contributed by atoms with E-state index in [1.54, 1.807) is 12.1 Å². The summed E-state index contributed by atoms with van der Waals surface area (Å²) in [6.07, 6.45) is 1.77. The number of benzene rings is 1. The van der Waals surface area contributed by atoms with Crippen molar-refractivity contribution in [3.63, 3.8) is 0 Å². The van der Waals surface area contributed by atoms with Gasteiger partial charge in [0.2, 0.25) is 0 Å². The van der Waals surface area contributed by atoms with Crippen LogP contribution in [0.1, 0.15) is 35.7 Å². The average Bonchev–Trinajstić information content (AvgIpc) is 2.26. The second-order valence-electron chi connectivity index (χ2n) is 3.65. The van der Waals surface area contributed by atoms with Crippen molar-refractivity contribution >= 4 is 5.91 Å². The van der Waals surface area contributed by atoms with Crippen LogP contribution in [0, 0.1) is 6.92 Å². The number of carbonyl (C=O) groups excluding carboxylic acids is 1. The average molecular weight is 207 g/mol. The second-order valence-corrected chi connectivity index (χ2v) is 3.65. The maximum atomic E-state index is 11.6. The highest BCUT2D eigenvalue weighted by atomic mass is 16.5. The molecule has 0 atom stereocenters. The van der Waals surface area contributed by atoms with Gasteiger partial charge < -0.3 is 0 Å². The van der Waals surface area contributed by atoms with Crippen LogP contribution in [0.15, 0.2) is 24.3 Å². The highest BCUT2D eigenvalue weighted by molar-refractivity contribution is 5.93. The molecule has 0 bridgehead atoms. The van der Waals surface area contributed by atoms with Crippen molar-refractivity contribution in [3.05, 3.63) is 35.4 Å². The molecule has 0 radical (unpaired) electrons. The van der Waals surface area contributed by atoms with E-state index in [9.17, 15) is 10.0 Å². The van der Waals surface area contributed by atoms with Gasteiger partial charge in [0.05, 0.1) is 0 Å². The minimum absolute atomic E-state index is 0.330. The van der Waals surface area contributed by atoms with Gasteiger partial charge in [0.25, 0.3) is 5.91 Å². The molecule has 0 spiro atoms. The van der Waals surface area contributed by atoms with Crippen LogP contribution in [0.5, 0.6) is 0 Å². The van der Waals surface area contributed by atoms with Gasteiger partial charge in [0.1, 0.15) is 0 Å². The molecule has 0 aliphatic rings. The summed E-state index contributed by atoms with van der Waals surface area (Å²) in [4.78, 5) is 11.6. The fraction of sp³-hybridized carbons (Fsp3) is 0.417. The van der Waals surface area contributed by atoms with Crippen molar-refractivity contribution in [1.82, 2.24) is 5.06 Å². The van der Waals surface area contributed by atoms with E-state index in [2.05, 4.69) is 0 Å². The van der Waals surface area contributed by atoms with Gasteiger partial charge in [-0.05, 0) is 25.5 Å². The number of hydrogen-bond acceptors (Lipinski definition) is 2. The van der Waals surface area contributed by atoms with Crippen LogP contribution in [0.25, 0.3) is 0 Å². The predicted octanol–water partition coefficient (Wildman–Crippen LogP) is 2.63. The number of carbonyl (C=O) groups is 1. The minimum Gasteiger partial charge on any atom is -0.286 e. The van der Waals surface area contributed by atoms with Gasteiger partial charge in [-0.1, -0.05) is 31.0 Å². The van der Waals surface area contributed by atoms with Crippen LogP contribution in [-0.2, 0) is 0 Å². The second kappa shape index (κ2) is 5.51. The van der Waals surface area contributed by atoms with Crippen LogP contribution in [-0.4, -0.2) is 22.7 Å². The molecule has 3 nitrogen and oxygen atoms in total. The Morgan fingerprint density at radius 2 is 1.93 bits per heavy atom. The van der Waals surface area contributed by atoms with E-state index in [1.807, 2.05) is 26.0 Å². The number of unbranched alkanes of at least 4 members (excludes halogenated alkanes) is 1. The lowest BCUT2D eigenvalue weighted by atomic mass is 10.1.